The highest BCUT2D eigenvalue weighted by Gasteiger charge is 2.30. The number of benzene rings is 1. The van der Waals surface area contributed by atoms with Crippen LogP contribution in [0.1, 0.15) is 36.7 Å². The summed E-state index contributed by atoms with van der Waals surface area (Å²) in [7, 11) is 1.78. The Labute approximate surface area is 176 Å². The summed E-state index contributed by atoms with van der Waals surface area (Å²) >= 11 is 0. The monoisotopic (exact) mass is 408 g/mol. The maximum Gasteiger partial charge on any atom is 0.252 e. The summed E-state index contributed by atoms with van der Waals surface area (Å²) in [5.74, 6) is -0.144. The number of anilines is 1. The molecule has 0 amide bonds. The standard InChI is InChI=1S/C24H29FN4O/c1-15-7-6-8-19(25)23(15)18(4)28-11-12-29(17(3)14-28)21-13-22(30)27(5)20-10-9-16(2)26-24(20)21/h6-10,13,17-18H,11-12,14H2,1-5H3. The van der Waals surface area contributed by atoms with Gasteiger partial charge in [-0.25, -0.2) is 9.37 Å². The van der Waals surface area contributed by atoms with Gasteiger partial charge in [-0.05, 0) is 51.5 Å². The molecule has 2 aromatic heterocycles. The van der Waals surface area contributed by atoms with Crippen molar-refractivity contribution in [2.24, 2.45) is 7.05 Å². The second-order valence-electron chi connectivity index (χ2n) is 8.43. The molecule has 30 heavy (non-hydrogen) atoms. The third-order valence-corrected chi connectivity index (χ3v) is 6.41. The minimum absolute atomic E-state index is 0.00319. The zero-order valence-corrected chi connectivity index (χ0v) is 18.3. The summed E-state index contributed by atoms with van der Waals surface area (Å²) in [6, 6.07) is 11.0. The highest BCUT2D eigenvalue weighted by atomic mass is 19.1. The van der Waals surface area contributed by atoms with Gasteiger partial charge in [0.15, 0.2) is 0 Å². The van der Waals surface area contributed by atoms with Crippen molar-refractivity contribution >= 4 is 16.7 Å². The Morgan fingerprint density at radius 2 is 1.93 bits per heavy atom. The van der Waals surface area contributed by atoms with E-state index in [1.807, 2.05) is 32.0 Å². The van der Waals surface area contributed by atoms with Gasteiger partial charge in [0.25, 0.3) is 5.56 Å². The summed E-state index contributed by atoms with van der Waals surface area (Å²) in [6.07, 6.45) is 0. The lowest BCUT2D eigenvalue weighted by Crippen LogP contribution is -2.53. The van der Waals surface area contributed by atoms with Crippen LogP contribution in [0.3, 0.4) is 0 Å². The van der Waals surface area contributed by atoms with E-state index in [0.717, 1.165) is 53.2 Å². The van der Waals surface area contributed by atoms with E-state index in [2.05, 4.69) is 23.6 Å². The third-order valence-electron chi connectivity index (χ3n) is 6.41. The molecular formula is C24H29FN4O. The molecule has 0 spiro atoms. The van der Waals surface area contributed by atoms with Crippen molar-refractivity contribution in [2.45, 2.75) is 39.8 Å². The van der Waals surface area contributed by atoms with Gasteiger partial charge in [-0.3, -0.25) is 9.69 Å². The van der Waals surface area contributed by atoms with Gasteiger partial charge in [0.2, 0.25) is 0 Å². The maximum atomic E-state index is 14.5. The number of halogens is 1. The van der Waals surface area contributed by atoms with Crippen LogP contribution >= 0.6 is 0 Å². The summed E-state index contributed by atoms with van der Waals surface area (Å²) < 4.78 is 16.2. The minimum atomic E-state index is -0.144. The third kappa shape index (κ3) is 3.49. The average Bonchev–Trinajstić information content (AvgIpc) is 2.70. The van der Waals surface area contributed by atoms with Gasteiger partial charge in [-0.15, -0.1) is 0 Å². The van der Waals surface area contributed by atoms with Crippen molar-refractivity contribution in [3.63, 3.8) is 0 Å². The number of rotatable bonds is 3. The first kappa shape index (κ1) is 20.5. The number of aryl methyl sites for hydroxylation is 3. The molecule has 0 saturated carbocycles. The topological polar surface area (TPSA) is 41.4 Å². The molecule has 1 aromatic carbocycles. The van der Waals surface area contributed by atoms with Gasteiger partial charge in [0.1, 0.15) is 11.3 Å². The molecule has 0 aliphatic carbocycles. The zero-order chi connectivity index (χ0) is 21.6. The Hall–Kier alpha value is -2.73. The van der Waals surface area contributed by atoms with E-state index in [4.69, 9.17) is 4.98 Å². The molecular weight excluding hydrogens is 379 g/mol. The first-order valence-electron chi connectivity index (χ1n) is 10.5. The van der Waals surface area contributed by atoms with E-state index >= 15 is 0 Å². The van der Waals surface area contributed by atoms with Crippen LogP contribution in [-0.4, -0.2) is 40.1 Å². The van der Waals surface area contributed by atoms with Crippen LogP contribution < -0.4 is 10.5 Å². The number of aromatic nitrogens is 2. The lowest BCUT2D eigenvalue weighted by atomic mass is 9.99. The Balaban J connectivity index is 1.65. The molecule has 158 valence electrons. The molecule has 0 N–H and O–H groups in total. The van der Waals surface area contributed by atoms with E-state index in [1.165, 1.54) is 0 Å². The van der Waals surface area contributed by atoms with E-state index in [-0.39, 0.29) is 23.5 Å². The highest BCUT2D eigenvalue weighted by Crippen LogP contribution is 2.31. The van der Waals surface area contributed by atoms with E-state index in [9.17, 15) is 9.18 Å². The average molecular weight is 409 g/mol. The molecule has 2 unspecified atom stereocenters. The summed E-state index contributed by atoms with van der Waals surface area (Å²) in [5, 5.41) is 0. The van der Waals surface area contributed by atoms with Crippen molar-refractivity contribution in [1.82, 2.24) is 14.5 Å². The van der Waals surface area contributed by atoms with Gasteiger partial charge < -0.3 is 9.47 Å². The number of nitrogens with zero attached hydrogens (tertiary/aromatic N) is 4. The maximum absolute atomic E-state index is 14.5. The minimum Gasteiger partial charge on any atom is -0.364 e. The Kier molecular flexibility index (Phi) is 5.36. The van der Waals surface area contributed by atoms with Crippen LogP contribution in [0.5, 0.6) is 0 Å². The number of hydrogen-bond donors (Lipinski definition) is 0. The van der Waals surface area contributed by atoms with Gasteiger partial charge in [-0.2, -0.15) is 0 Å². The first-order chi connectivity index (χ1) is 14.3. The van der Waals surface area contributed by atoms with Gasteiger partial charge in [0, 0.05) is 56.1 Å². The lowest BCUT2D eigenvalue weighted by Gasteiger charge is -2.44. The lowest BCUT2D eigenvalue weighted by molar-refractivity contribution is 0.172. The number of piperazine rings is 1. The van der Waals surface area contributed by atoms with Crippen LogP contribution in [0, 0.1) is 19.7 Å². The van der Waals surface area contributed by atoms with Crippen LogP contribution in [-0.2, 0) is 7.05 Å². The molecule has 6 heteroatoms. The molecule has 1 saturated heterocycles. The molecule has 2 atom stereocenters. The first-order valence-corrected chi connectivity index (χ1v) is 10.5. The van der Waals surface area contributed by atoms with Gasteiger partial charge in [-0.1, -0.05) is 12.1 Å². The number of fused-ring (bicyclic) bond motifs is 1. The normalized spacial score (nSPS) is 18.7. The molecule has 1 aliphatic heterocycles. The fourth-order valence-corrected chi connectivity index (χ4v) is 4.68. The Bertz CT molecular complexity index is 1140. The van der Waals surface area contributed by atoms with Crippen molar-refractivity contribution in [3.05, 3.63) is 69.4 Å². The Morgan fingerprint density at radius 1 is 1.17 bits per heavy atom. The van der Waals surface area contributed by atoms with Gasteiger partial charge in [0.05, 0.1) is 11.2 Å². The predicted octanol–water partition coefficient (Wildman–Crippen LogP) is 3.96. The quantitative estimate of drug-likeness (QED) is 0.658. The van der Waals surface area contributed by atoms with E-state index in [0.29, 0.717) is 0 Å². The SMILES string of the molecule is Cc1ccc2c(n1)c(N1CCN(C(C)c3c(C)cccc3F)CC1C)cc(=O)n2C. The molecule has 1 fully saturated rings. The summed E-state index contributed by atoms with van der Waals surface area (Å²) in [5.41, 5.74) is 5.23. The predicted molar refractivity (Wildman–Crippen MR) is 120 cm³/mol. The summed E-state index contributed by atoms with van der Waals surface area (Å²) in [4.78, 5) is 21.9. The van der Waals surface area contributed by atoms with Crippen molar-refractivity contribution in [3.8, 4) is 0 Å². The fraction of sp³-hybridized carbons (Fsp3) is 0.417. The van der Waals surface area contributed by atoms with E-state index < -0.39 is 0 Å². The molecule has 1 aliphatic rings. The Morgan fingerprint density at radius 3 is 2.63 bits per heavy atom. The zero-order valence-electron chi connectivity index (χ0n) is 18.3. The van der Waals surface area contributed by atoms with Crippen LogP contribution in [0.2, 0.25) is 0 Å². The second-order valence-corrected chi connectivity index (χ2v) is 8.43. The molecule has 4 rings (SSSR count). The largest absolute Gasteiger partial charge is 0.364 e. The number of hydrogen-bond acceptors (Lipinski definition) is 4. The summed E-state index contributed by atoms with van der Waals surface area (Å²) in [6.45, 7) is 10.5. The molecule has 0 bridgehead atoms. The van der Waals surface area contributed by atoms with E-state index in [1.54, 1.807) is 29.8 Å². The van der Waals surface area contributed by atoms with Crippen molar-refractivity contribution < 1.29 is 4.39 Å². The van der Waals surface area contributed by atoms with Crippen LogP contribution in [0.4, 0.5) is 10.1 Å². The molecule has 3 heterocycles. The van der Waals surface area contributed by atoms with Crippen LogP contribution in [0.25, 0.3) is 11.0 Å². The molecule has 5 nitrogen and oxygen atoms in total. The van der Waals surface area contributed by atoms with Crippen molar-refractivity contribution in [2.75, 3.05) is 24.5 Å². The van der Waals surface area contributed by atoms with Gasteiger partial charge >= 0.3 is 0 Å². The second kappa shape index (κ2) is 7.84. The smallest absolute Gasteiger partial charge is 0.252 e. The fourth-order valence-electron chi connectivity index (χ4n) is 4.68. The highest BCUT2D eigenvalue weighted by molar-refractivity contribution is 5.88. The van der Waals surface area contributed by atoms with Crippen molar-refractivity contribution in [1.29, 1.82) is 0 Å². The molecule has 0 radical (unpaired) electrons. The van der Waals surface area contributed by atoms with Crippen LogP contribution in [0.15, 0.2) is 41.2 Å². The number of pyridine rings is 2. The molecule has 3 aromatic rings.